The fourth-order valence-electron chi connectivity index (χ4n) is 2.54. The molecule has 1 heterocycles. The van der Waals surface area contributed by atoms with Crippen molar-refractivity contribution < 1.29 is 14.3 Å². The van der Waals surface area contributed by atoms with E-state index < -0.39 is 5.97 Å². The van der Waals surface area contributed by atoms with Crippen molar-refractivity contribution in [2.45, 2.75) is 38.7 Å². The number of nitrogens with zero attached hydrogens (tertiary/aromatic N) is 2. The number of hydrogen-bond acceptors (Lipinski definition) is 6. The zero-order valence-corrected chi connectivity index (χ0v) is 12.0. The monoisotopic (exact) mass is 279 g/mol. The van der Waals surface area contributed by atoms with Crippen LogP contribution in [0.25, 0.3) is 0 Å². The van der Waals surface area contributed by atoms with Crippen LogP contribution in [0.1, 0.15) is 42.0 Å². The summed E-state index contributed by atoms with van der Waals surface area (Å²) in [6.07, 6.45) is 4.44. The van der Waals surface area contributed by atoms with E-state index in [0.717, 1.165) is 19.3 Å². The zero-order valence-electron chi connectivity index (χ0n) is 12.0. The predicted octanol–water partition coefficient (Wildman–Crippen LogP) is 1.47. The van der Waals surface area contributed by atoms with Crippen LogP contribution in [0.5, 0.6) is 5.88 Å². The normalized spacial score (nSPS) is 22.4. The fraction of sp³-hybridized carbons (Fsp3) is 0.643. The van der Waals surface area contributed by atoms with E-state index in [-0.39, 0.29) is 11.9 Å². The van der Waals surface area contributed by atoms with E-state index in [1.54, 1.807) is 13.0 Å². The average Bonchev–Trinajstić information content (AvgIpc) is 2.46. The lowest BCUT2D eigenvalue weighted by molar-refractivity contribution is 0.0578. The largest absolute Gasteiger partial charge is 0.474 e. The summed E-state index contributed by atoms with van der Waals surface area (Å²) in [5.41, 5.74) is 6.47. The molecule has 0 bridgehead atoms. The molecule has 1 aromatic heterocycles. The maximum Gasteiger partial charge on any atom is 0.376 e. The van der Waals surface area contributed by atoms with Gasteiger partial charge in [-0.3, -0.25) is 0 Å². The average molecular weight is 279 g/mol. The van der Waals surface area contributed by atoms with Gasteiger partial charge >= 0.3 is 5.97 Å². The first-order valence-electron chi connectivity index (χ1n) is 6.94. The smallest absolute Gasteiger partial charge is 0.376 e. The van der Waals surface area contributed by atoms with Crippen molar-refractivity contribution in [1.82, 2.24) is 9.97 Å². The number of aryl methyl sites for hydroxylation is 1. The van der Waals surface area contributed by atoms with E-state index in [2.05, 4.69) is 14.7 Å². The van der Waals surface area contributed by atoms with E-state index in [1.807, 2.05) is 0 Å². The molecule has 1 saturated carbocycles. The van der Waals surface area contributed by atoms with Crippen LogP contribution < -0.4 is 10.5 Å². The molecule has 1 aliphatic rings. The number of methoxy groups -OCH3 is 1. The number of carbonyl (C=O) groups excluding carboxylic acids is 1. The number of carbonyl (C=O) groups is 1. The third kappa shape index (κ3) is 3.45. The van der Waals surface area contributed by atoms with E-state index >= 15 is 0 Å². The van der Waals surface area contributed by atoms with Crippen LogP contribution in [0.15, 0.2) is 6.07 Å². The molecule has 1 aliphatic carbocycles. The van der Waals surface area contributed by atoms with Crippen molar-refractivity contribution in [1.29, 1.82) is 0 Å². The SMILES string of the molecule is COC(=O)c1nc(C)cc(OC2CCCCC2CN)n1. The van der Waals surface area contributed by atoms with Crippen molar-refractivity contribution >= 4 is 5.97 Å². The molecule has 2 N–H and O–H groups in total. The number of hydrogen-bond donors (Lipinski definition) is 1. The molecule has 0 aliphatic heterocycles. The van der Waals surface area contributed by atoms with Crippen molar-refractivity contribution in [3.8, 4) is 5.88 Å². The summed E-state index contributed by atoms with van der Waals surface area (Å²) < 4.78 is 10.6. The Morgan fingerprint density at radius 1 is 1.40 bits per heavy atom. The molecule has 6 nitrogen and oxygen atoms in total. The molecule has 0 saturated heterocycles. The second-order valence-electron chi connectivity index (χ2n) is 5.10. The minimum absolute atomic E-state index is 0.0302. The van der Waals surface area contributed by atoms with Crippen LogP contribution in [0, 0.1) is 12.8 Å². The highest BCUT2D eigenvalue weighted by molar-refractivity contribution is 5.85. The van der Waals surface area contributed by atoms with Crippen LogP contribution in [0.2, 0.25) is 0 Å². The molecule has 2 atom stereocenters. The van der Waals surface area contributed by atoms with Gasteiger partial charge in [-0.15, -0.1) is 0 Å². The molecule has 2 rings (SSSR count). The highest BCUT2D eigenvalue weighted by Gasteiger charge is 2.26. The molecule has 0 radical (unpaired) electrons. The first kappa shape index (κ1) is 14.7. The lowest BCUT2D eigenvalue weighted by atomic mass is 9.86. The van der Waals surface area contributed by atoms with Gasteiger partial charge in [-0.1, -0.05) is 6.42 Å². The van der Waals surface area contributed by atoms with Gasteiger partial charge in [-0.2, -0.15) is 4.98 Å². The Hall–Kier alpha value is -1.69. The molecular weight excluding hydrogens is 258 g/mol. The lowest BCUT2D eigenvalue weighted by Crippen LogP contribution is -2.35. The molecule has 0 amide bonds. The van der Waals surface area contributed by atoms with Crippen molar-refractivity contribution in [3.05, 3.63) is 17.6 Å². The molecule has 1 fully saturated rings. The van der Waals surface area contributed by atoms with Gasteiger partial charge in [0.05, 0.1) is 7.11 Å². The van der Waals surface area contributed by atoms with Crippen molar-refractivity contribution in [2.75, 3.05) is 13.7 Å². The van der Waals surface area contributed by atoms with Gasteiger partial charge in [0.1, 0.15) is 6.10 Å². The van der Waals surface area contributed by atoms with E-state index in [1.165, 1.54) is 13.5 Å². The van der Waals surface area contributed by atoms with Crippen LogP contribution in [-0.4, -0.2) is 35.7 Å². The summed E-state index contributed by atoms with van der Waals surface area (Å²) in [6.45, 7) is 2.40. The quantitative estimate of drug-likeness (QED) is 0.840. The number of ether oxygens (including phenoxy) is 2. The maximum atomic E-state index is 11.5. The lowest BCUT2D eigenvalue weighted by Gasteiger charge is -2.30. The summed E-state index contributed by atoms with van der Waals surface area (Å²) >= 11 is 0. The Morgan fingerprint density at radius 3 is 2.85 bits per heavy atom. The zero-order chi connectivity index (χ0) is 14.5. The number of rotatable bonds is 4. The highest BCUT2D eigenvalue weighted by Crippen LogP contribution is 2.27. The predicted molar refractivity (Wildman–Crippen MR) is 73.5 cm³/mol. The molecule has 2 unspecified atom stereocenters. The Morgan fingerprint density at radius 2 is 2.15 bits per heavy atom. The fourth-order valence-corrected chi connectivity index (χ4v) is 2.54. The Labute approximate surface area is 118 Å². The Kier molecular flexibility index (Phi) is 4.89. The van der Waals surface area contributed by atoms with Crippen LogP contribution in [0.4, 0.5) is 0 Å². The highest BCUT2D eigenvalue weighted by atomic mass is 16.5. The standard InChI is InChI=1S/C14H21N3O3/c1-9-7-12(17-13(16-9)14(18)19-2)20-11-6-4-3-5-10(11)8-15/h7,10-11H,3-6,8,15H2,1-2H3. The Balaban J connectivity index is 2.15. The van der Waals surface area contributed by atoms with E-state index in [4.69, 9.17) is 10.5 Å². The topological polar surface area (TPSA) is 87.3 Å². The van der Waals surface area contributed by atoms with Crippen molar-refractivity contribution in [2.24, 2.45) is 11.7 Å². The summed E-state index contributed by atoms with van der Waals surface area (Å²) in [4.78, 5) is 19.7. The Bertz CT molecular complexity index is 479. The summed E-state index contributed by atoms with van der Waals surface area (Å²) in [5, 5.41) is 0. The molecule has 110 valence electrons. The van der Waals surface area contributed by atoms with E-state index in [0.29, 0.717) is 24.0 Å². The van der Waals surface area contributed by atoms with Gasteiger partial charge in [0.25, 0.3) is 0 Å². The number of nitrogens with two attached hydrogens (primary N) is 1. The minimum atomic E-state index is -0.558. The van der Waals surface area contributed by atoms with Crippen LogP contribution in [-0.2, 0) is 4.74 Å². The molecule has 0 aromatic carbocycles. The number of aromatic nitrogens is 2. The number of esters is 1. The van der Waals surface area contributed by atoms with Gasteiger partial charge in [-0.05, 0) is 32.7 Å². The summed E-state index contributed by atoms with van der Waals surface area (Å²) in [6, 6.07) is 1.73. The van der Waals surface area contributed by atoms with Crippen LogP contribution in [0.3, 0.4) is 0 Å². The molecule has 20 heavy (non-hydrogen) atoms. The first-order valence-corrected chi connectivity index (χ1v) is 6.94. The second-order valence-corrected chi connectivity index (χ2v) is 5.10. The third-order valence-corrected chi connectivity index (χ3v) is 3.61. The molecular formula is C14H21N3O3. The summed E-state index contributed by atoms with van der Waals surface area (Å²) in [5.74, 6) is 0.240. The molecule has 6 heteroatoms. The van der Waals surface area contributed by atoms with Gasteiger partial charge < -0.3 is 15.2 Å². The van der Waals surface area contributed by atoms with Crippen LogP contribution >= 0.6 is 0 Å². The minimum Gasteiger partial charge on any atom is -0.474 e. The van der Waals surface area contributed by atoms with Gasteiger partial charge in [-0.25, -0.2) is 9.78 Å². The van der Waals surface area contributed by atoms with E-state index in [9.17, 15) is 4.79 Å². The van der Waals surface area contributed by atoms with Gasteiger partial charge in [0, 0.05) is 17.7 Å². The summed E-state index contributed by atoms with van der Waals surface area (Å²) in [7, 11) is 1.31. The molecule has 0 spiro atoms. The molecule has 1 aromatic rings. The first-order chi connectivity index (χ1) is 9.63. The second kappa shape index (κ2) is 6.65. The third-order valence-electron chi connectivity index (χ3n) is 3.61. The van der Waals surface area contributed by atoms with Gasteiger partial charge in [0.2, 0.25) is 11.7 Å². The maximum absolute atomic E-state index is 11.5. The van der Waals surface area contributed by atoms with Gasteiger partial charge in [0.15, 0.2) is 0 Å². The van der Waals surface area contributed by atoms with Crippen molar-refractivity contribution in [3.63, 3.8) is 0 Å².